The van der Waals surface area contributed by atoms with E-state index in [0.717, 1.165) is 12.8 Å². The lowest BCUT2D eigenvalue weighted by atomic mass is 9.77. The standard InChI is InChI=1S/C19H31NO4/c1-12(7-6-8-13(2)11-20)9-10-15-14(3)16(21)18(23-4)19(24-5)17(15)22/h8-9,14-15,17,22H,6-7,10-11,20H2,1-5H3. The predicted molar refractivity (Wildman–Crippen MR) is 95.1 cm³/mol. The molecule has 0 aliphatic heterocycles. The number of hydrogen-bond acceptors (Lipinski definition) is 5. The van der Waals surface area contributed by atoms with Gasteiger partial charge in [0.25, 0.3) is 0 Å². The first-order valence-corrected chi connectivity index (χ1v) is 8.43. The number of nitrogens with two attached hydrogens (primary N) is 1. The number of carbonyl (C=O) groups excluding carboxylic acids is 1. The van der Waals surface area contributed by atoms with Crippen molar-refractivity contribution in [2.75, 3.05) is 20.8 Å². The number of carbonyl (C=O) groups is 1. The van der Waals surface area contributed by atoms with E-state index in [4.69, 9.17) is 15.2 Å². The molecular formula is C19H31NO4. The van der Waals surface area contributed by atoms with Crippen LogP contribution in [-0.4, -0.2) is 37.8 Å². The summed E-state index contributed by atoms with van der Waals surface area (Å²) < 4.78 is 10.3. The van der Waals surface area contributed by atoms with E-state index >= 15 is 0 Å². The Balaban J connectivity index is 2.78. The fourth-order valence-electron chi connectivity index (χ4n) is 2.94. The SMILES string of the molecule is COC1=C(OC)C(O)C(CC=C(C)CCC=C(C)CN)C(C)C1=O. The Morgan fingerprint density at radius 3 is 2.42 bits per heavy atom. The second kappa shape index (κ2) is 9.64. The van der Waals surface area contributed by atoms with E-state index in [1.54, 1.807) is 0 Å². The molecule has 5 heteroatoms. The fourth-order valence-corrected chi connectivity index (χ4v) is 2.94. The largest absolute Gasteiger partial charge is 0.494 e. The lowest BCUT2D eigenvalue weighted by Gasteiger charge is -2.33. The van der Waals surface area contributed by atoms with E-state index in [-0.39, 0.29) is 29.1 Å². The molecule has 0 saturated heterocycles. The van der Waals surface area contributed by atoms with Crippen molar-refractivity contribution in [2.24, 2.45) is 17.6 Å². The van der Waals surface area contributed by atoms with Crippen molar-refractivity contribution in [1.82, 2.24) is 0 Å². The van der Waals surface area contributed by atoms with Crippen LogP contribution in [0, 0.1) is 11.8 Å². The number of rotatable bonds is 8. The zero-order chi connectivity index (χ0) is 18.3. The van der Waals surface area contributed by atoms with Crippen molar-refractivity contribution >= 4 is 5.78 Å². The number of allylic oxidation sites excluding steroid dienone is 4. The molecule has 0 saturated carbocycles. The topological polar surface area (TPSA) is 81.8 Å². The number of aliphatic hydroxyl groups excluding tert-OH is 1. The van der Waals surface area contributed by atoms with Gasteiger partial charge in [0.1, 0.15) is 6.10 Å². The van der Waals surface area contributed by atoms with Gasteiger partial charge in [0.2, 0.25) is 11.5 Å². The van der Waals surface area contributed by atoms with Crippen LogP contribution in [0.2, 0.25) is 0 Å². The summed E-state index contributed by atoms with van der Waals surface area (Å²) in [6, 6.07) is 0. The molecule has 1 aliphatic carbocycles. The zero-order valence-electron chi connectivity index (χ0n) is 15.5. The summed E-state index contributed by atoms with van der Waals surface area (Å²) >= 11 is 0. The average Bonchev–Trinajstić information content (AvgIpc) is 2.57. The van der Waals surface area contributed by atoms with E-state index in [1.165, 1.54) is 25.4 Å². The molecule has 0 spiro atoms. The molecule has 136 valence electrons. The van der Waals surface area contributed by atoms with Crippen LogP contribution >= 0.6 is 0 Å². The molecule has 0 radical (unpaired) electrons. The summed E-state index contributed by atoms with van der Waals surface area (Å²) in [4.78, 5) is 12.4. The molecule has 1 rings (SSSR count). The van der Waals surface area contributed by atoms with Crippen LogP contribution in [0.25, 0.3) is 0 Å². The van der Waals surface area contributed by atoms with Gasteiger partial charge in [0.15, 0.2) is 5.76 Å². The van der Waals surface area contributed by atoms with Crippen molar-refractivity contribution in [3.63, 3.8) is 0 Å². The van der Waals surface area contributed by atoms with Crippen LogP contribution in [0.5, 0.6) is 0 Å². The quantitative estimate of drug-likeness (QED) is 0.666. The van der Waals surface area contributed by atoms with Gasteiger partial charge in [-0.1, -0.05) is 30.2 Å². The number of aliphatic hydroxyl groups is 1. The monoisotopic (exact) mass is 337 g/mol. The second-order valence-corrected chi connectivity index (χ2v) is 6.44. The average molecular weight is 337 g/mol. The van der Waals surface area contributed by atoms with E-state index in [9.17, 15) is 9.90 Å². The molecule has 0 aromatic heterocycles. The highest BCUT2D eigenvalue weighted by Gasteiger charge is 2.42. The van der Waals surface area contributed by atoms with Crippen LogP contribution in [0.1, 0.15) is 40.0 Å². The summed E-state index contributed by atoms with van der Waals surface area (Å²) in [6.45, 7) is 6.51. The minimum atomic E-state index is -0.832. The van der Waals surface area contributed by atoms with Crippen LogP contribution in [-0.2, 0) is 14.3 Å². The van der Waals surface area contributed by atoms with Gasteiger partial charge in [-0.05, 0) is 33.1 Å². The number of methoxy groups -OCH3 is 2. The Bertz CT molecular complexity index is 533. The van der Waals surface area contributed by atoms with Crippen molar-refractivity contribution in [3.05, 3.63) is 34.8 Å². The van der Waals surface area contributed by atoms with E-state index in [1.807, 2.05) is 13.8 Å². The second-order valence-electron chi connectivity index (χ2n) is 6.44. The zero-order valence-corrected chi connectivity index (χ0v) is 15.5. The smallest absolute Gasteiger partial charge is 0.204 e. The van der Waals surface area contributed by atoms with Gasteiger partial charge in [0.05, 0.1) is 14.2 Å². The van der Waals surface area contributed by atoms with Gasteiger partial charge in [-0.25, -0.2) is 0 Å². The summed E-state index contributed by atoms with van der Waals surface area (Å²) in [5, 5.41) is 10.5. The first kappa shape index (κ1) is 20.5. The van der Waals surface area contributed by atoms with Crippen molar-refractivity contribution in [3.8, 4) is 0 Å². The van der Waals surface area contributed by atoms with Crippen molar-refractivity contribution < 1.29 is 19.4 Å². The number of ether oxygens (including phenoxy) is 2. The van der Waals surface area contributed by atoms with Crippen molar-refractivity contribution in [1.29, 1.82) is 0 Å². The van der Waals surface area contributed by atoms with Gasteiger partial charge in [-0.15, -0.1) is 0 Å². The molecule has 1 aliphatic rings. The van der Waals surface area contributed by atoms with Crippen LogP contribution in [0.4, 0.5) is 0 Å². The van der Waals surface area contributed by atoms with Gasteiger partial charge in [-0.3, -0.25) is 4.79 Å². The molecule has 3 N–H and O–H groups in total. The maximum atomic E-state index is 12.4. The van der Waals surface area contributed by atoms with Gasteiger partial charge >= 0.3 is 0 Å². The molecule has 0 heterocycles. The Labute approximate surface area is 145 Å². The highest BCUT2D eigenvalue weighted by Crippen LogP contribution is 2.35. The van der Waals surface area contributed by atoms with Gasteiger partial charge in [-0.2, -0.15) is 0 Å². The lowest BCUT2D eigenvalue weighted by Crippen LogP contribution is -2.40. The van der Waals surface area contributed by atoms with Crippen LogP contribution in [0.15, 0.2) is 34.8 Å². The molecule has 0 amide bonds. The predicted octanol–water partition coefficient (Wildman–Crippen LogP) is 2.71. The van der Waals surface area contributed by atoms with Crippen LogP contribution in [0.3, 0.4) is 0 Å². The molecule has 24 heavy (non-hydrogen) atoms. The molecule has 3 unspecified atom stereocenters. The molecule has 5 nitrogen and oxygen atoms in total. The third kappa shape index (κ3) is 4.95. The lowest BCUT2D eigenvalue weighted by molar-refractivity contribution is -0.128. The molecule has 0 bridgehead atoms. The van der Waals surface area contributed by atoms with Gasteiger partial charge < -0.3 is 20.3 Å². The Morgan fingerprint density at radius 2 is 1.88 bits per heavy atom. The Morgan fingerprint density at radius 1 is 1.21 bits per heavy atom. The molecule has 0 aromatic carbocycles. The maximum absolute atomic E-state index is 12.4. The summed E-state index contributed by atoms with van der Waals surface area (Å²) in [5.74, 6) is -0.257. The molecule has 3 atom stereocenters. The Kier molecular flexibility index (Phi) is 8.22. The minimum Gasteiger partial charge on any atom is -0.494 e. The summed E-state index contributed by atoms with van der Waals surface area (Å²) in [6.07, 6.45) is 5.94. The highest BCUT2D eigenvalue weighted by atomic mass is 16.5. The highest BCUT2D eigenvalue weighted by molar-refractivity contribution is 5.97. The Hall–Kier alpha value is -1.59. The third-order valence-electron chi connectivity index (χ3n) is 4.69. The minimum absolute atomic E-state index is 0.114. The summed E-state index contributed by atoms with van der Waals surface area (Å²) in [5.41, 5.74) is 7.99. The van der Waals surface area contributed by atoms with E-state index in [0.29, 0.717) is 13.0 Å². The number of hydrogen-bond donors (Lipinski definition) is 2. The molecule has 0 fully saturated rings. The van der Waals surface area contributed by atoms with Crippen LogP contribution < -0.4 is 5.73 Å². The number of ketones is 1. The van der Waals surface area contributed by atoms with E-state index in [2.05, 4.69) is 19.1 Å². The van der Waals surface area contributed by atoms with Crippen molar-refractivity contribution in [2.45, 2.75) is 46.1 Å². The normalized spacial score (nSPS) is 26.0. The number of Topliss-reactive ketones (excluding diaryl/α,β-unsaturated/α-hetero) is 1. The first-order valence-electron chi connectivity index (χ1n) is 8.43. The fraction of sp³-hybridized carbons (Fsp3) is 0.632. The van der Waals surface area contributed by atoms with Gasteiger partial charge in [0, 0.05) is 18.4 Å². The molecular weight excluding hydrogens is 306 g/mol. The third-order valence-corrected chi connectivity index (χ3v) is 4.69. The van der Waals surface area contributed by atoms with E-state index < -0.39 is 6.10 Å². The first-order chi connectivity index (χ1) is 11.4. The summed E-state index contributed by atoms with van der Waals surface area (Å²) in [7, 11) is 2.87. The maximum Gasteiger partial charge on any atom is 0.204 e. The molecule has 0 aromatic rings.